The average Bonchev–Trinajstić information content (AvgIpc) is 2.15. The van der Waals surface area contributed by atoms with Gasteiger partial charge < -0.3 is 4.43 Å². The Hall–Kier alpha value is -0.503. The summed E-state index contributed by atoms with van der Waals surface area (Å²) in [5.74, 6) is 1.73. The molecule has 1 unspecified atom stereocenters. The van der Waals surface area contributed by atoms with Crippen molar-refractivity contribution in [1.82, 2.24) is 0 Å². The van der Waals surface area contributed by atoms with E-state index < -0.39 is 8.32 Å². The van der Waals surface area contributed by atoms with E-state index in [0.717, 1.165) is 6.42 Å². The van der Waals surface area contributed by atoms with Gasteiger partial charge in [0, 0.05) is 6.42 Å². The summed E-state index contributed by atoms with van der Waals surface area (Å²) in [5.41, 5.74) is 0. The second-order valence-corrected chi connectivity index (χ2v) is 11.0. The molecule has 16 heavy (non-hydrogen) atoms. The Balaban J connectivity index is 2.74. The van der Waals surface area contributed by atoms with Gasteiger partial charge in [-0.25, -0.2) is 0 Å². The lowest BCUT2D eigenvalue weighted by molar-refractivity contribution is 0.344. The van der Waals surface area contributed by atoms with Crippen molar-refractivity contribution >= 4 is 8.32 Å². The molecular weight excluding hydrogens is 212 g/mol. The van der Waals surface area contributed by atoms with Crippen LogP contribution < -0.4 is 0 Å². The summed E-state index contributed by atoms with van der Waals surface area (Å²) in [4.78, 5) is 0. The van der Waals surface area contributed by atoms with Crippen molar-refractivity contribution < 1.29 is 4.43 Å². The van der Waals surface area contributed by atoms with Gasteiger partial charge in [-0.2, -0.15) is 0 Å². The van der Waals surface area contributed by atoms with Crippen LogP contribution in [0.4, 0.5) is 0 Å². The molecule has 0 aliphatic heterocycles. The molecule has 1 atom stereocenters. The highest BCUT2D eigenvalue weighted by molar-refractivity contribution is 6.74. The maximum absolute atomic E-state index is 6.33. The van der Waals surface area contributed by atoms with Crippen LogP contribution in [-0.4, -0.2) is 8.32 Å². The van der Waals surface area contributed by atoms with E-state index in [0.29, 0.717) is 5.92 Å². The first-order valence-corrected chi connectivity index (χ1v) is 9.19. The highest BCUT2D eigenvalue weighted by atomic mass is 28.4. The molecule has 0 aromatic heterocycles. The van der Waals surface area contributed by atoms with E-state index >= 15 is 0 Å². The molecule has 0 saturated carbocycles. The fourth-order valence-electron chi connectivity index (χ4n) is 1.67. The van der Waals surface area contributed by atoms with E-state index in [-0.39, 0.29) is 5.04 Å². The first-order chi connectivity index (χ1) is 7.26. The van der Waals surface area contributed by atoms with Gasteiger partial charge in [0.15, 0.2) is 0 Å². The first kappa shape index (κ1) is 13.6. The summed E-state index contributed by atoms with van der Waals surface area (Å²) in [7, 11) is -1.64. The molecule has 0 N–H and O–H groups in total. The van der Waals surface area contributed by atoms with E-state index in [1.54, 1.807) is 0 Å². The molecule has 0 amide bonds. The van der Waals surface area contributed by atoms with E-state index in [4.69, 9.17) is 4.43 Å². The molecule has 2 heteroatoms. The fraction of sp³-hybridized carbons (Fsp3) is 0.714. The van der Waals surface area contributed by atoms with Gasteiger partial charge >= 0.3 is 0 Å². The lowest BCUT2D eigenvalue weighted by atomic mass is 9.95. The number of rotatable bonds is 3. The van der Waals surface area contributed by atoms with Gasteiger partial charge in [-0.05, 0) is 43.0 Å². The molecular formula is C14H26OSi. The van der Waals surface area contributed by atoms with Crippen molar-refractivity contribution in [3.63, 3.8) is 0 Å². The monoisotopic (exact) mass is 238 g/mol. The van der Waals surface area contributed by atoms with Crippen molar-refractivity contribution in [3.05, 3.63) is 24.5 Å². The molecule has 0 radical (unpaired) electrons. The third-order valence-corrected chi connectivity index (χ3v) is 8.24. The minimum Gasteiger partial charge on any atom is -0.547 e. The Kier molecular flexibility index (Phi) is 4.05. The normalized spacial score (nSPS) is 22.6. The van der Waals surface area contributed by atoms with Gasteiger partial charge in [0.25, 0.3) is 0 Å². The Bertz CT molecular complexity index is 284. The van der Waals surface area contributed by atoms with Crippen LogP contribution in [0.5, 0.6) is 0 Å². The van der Waals surface area contributed by atoms with Crippen LogP contribution in [0.1, 0.15) is 40.0 Å². The lowest BCUT2D eigenvalue weighted by Gasteiger charge is -2.38. The number of allylic oxidation sites excluding steroid dienone is 3. The first-order valence-electron chi connectivity index (χ1n) is 6.28. The summed E-state index contributed by atoms with van der Waals surface area (Å²) in [6.07, 6.45) is 7.88. The van der Waals surface area contributed by atoms with Gasteiger partial charge in [-0.15, -0.1) is 6.58 Å². The number of hydrogen-bond donors (Lipinski definition) is 0. The summed E-state index contributed by atoms with van der Waals surface area (Å²) in [6, 6.07) is 0. The molecule has 92 valence electrons. The molecule has 0 spiro atoms. The van der Waals surface area contributed by atoms with Crippen LogP contribution >= 0.6 is 0 Å². The maximum atomic E-state index is 6.33. The predicted octanol–water partition coefficient (Wildman–Crippen LogP) is 4.88. The van der Waals surface area contributed by atoms with Crippen LogP contribution in [-0.2, 0) is 4.43 Å². The zero-order valence-electron chi connectivity index (χ0n) is 11.5. The summed E-state index contributed by atoms with van der Waals surface area (Å²) in [5, 5.41) is 0.287. The van der Waals surface area contributed by atoms with Crippen LogP contribution in [0.2, 0.25) is 18.1 Å². The van der Waals surface area contributed by atoms with Gasteiger partial charge in [-0.1, -0.05) is 26.8 Å². The molecule has 0 heterocycles. The van der Waals surface area contributed by atoms with Crippen LogP contribution in [0.25, 0.3) is 0 Å². The zero-order chi connectivity index (χ0) is 12.4. The van der Waals surface area contributed by atoms with E-state index in [9.17, 15) is 0 Å². The second kappa shape index (κ2) is 4.78. The zero-order valence-corrected chi connectivity index (χ0v) is 12.5. The summed E-state index contributed by atoms with van der Waals surface area (Å²) >= 11 is 0. The Labute approximate surface area is 102 Å². The van der Waals surface area contributed by atoms with Crippen molar-refractivity contribution in [2.24, 2.45) is 5.92 Å². The summed E-state index contributed by atoms with van der Waals surface area (Å²) in [6.45, 7) is 15.4. The minimum absolute atomic E-state index is 0.287. The molecule has 1 nitrogen and oxygen atoms in total. The van der Waals surface area contributed by atoms with Crippen molar-refractivity contribution in [3.8, 4) is 0 Å². The summed E-state index contributed by atoms with van der Waals surface area (Å²) < 4.78 is 6.33. The molecule has 0 bridgehead atoms. The van der Waals surface area contributed by atoms with Crippen molar-refractivity contribution in [2.45, 2.75) is 58.2 Å². The number of hydrogen-bond acceptors (Lipinski definition) is 1. The molecule has 0 aromatic rings. The van der Waals surface area contributed by atoms with E-state index in [1.165, 1.54) is 18.6 Å². The van der Waals surface area contributed by atoms with Crippen LogP contribution in [0.3, 0.4) is 0 Å². The highest BCUT2D eigenvalue weighted by Crippen LogP contribution is 2.39. The SMILES string of the molecule is C=CC1C=C(O[Si](C)(C)C(C)(C)C)CCC1. The lowest BCUT2D eigenvalue weighted by Crippen LogP contribution is -2.40. The molecule has 1 aliphatic rings. The van der Waals surface area contributed by atoms with Crippen LogP contribution in [0, 0.1) is 5.92 Å². The Morgan fingerprint density at radius 3 is 2.56 bits per heavy atom. The van der Waals surface area contributed by atoms with E-state index in [2.05, 4.69) is 46.5 Å². The quantitative estimate of drug-likeness (QED) is 0.503. The van der Waals surface area contributed by atoms with Crippen molar-refractivity contribution in [2.75, 3.05) is 0 Å². The average molecular weight is 238 g/mol. The standard InChI is InChI=1S/C14H26OSi/c1-7-12-9-8-10-13(11-12)15-16(5,6)14(2,3)4/h7,11-12H,1,8-10H2,2-6H3. The Morgan fingerprint density at radius 1 is 1.44 bits per heavy atom. The fourth-order valence-corrected chi connectivity index (χ4v) is 2.80. The topological polar surface area (TPSA) is 9.23 Å². The largest absolute Gasteiger partial charge is 0.547 e. The minimum atomic E-state index is -1.64. The van der Waals surface area contributed by atoms with Gasteiger partial charge in [-0.3, -0.25) is 0 Å². The van der Waals surface area contributed by atoms with Gasteiger partial charge in [0.05, 0.1) is 5.76 Å². The maximum Gasteiger partial charge on any atom is 0.250 e. The van der Waals surface area contributed by atoms with Crippen LogP contribution in [0.15, 0.2) is 24.5 Å². The molecule has 0 fully saturated rings. The van der Waals surface area contributed by atoms with E-state index in [1.807, 2.05) is 6.08 Å². The van der Waals surface area contributed by atoms with Gasteiger partial charge in [0.1, 0.15) is 0 Å². The smallest absolute Gasteiger partial charge is 0.250 e. The third kappa shape index (κ3) is 3.24. The predicted molar refractivity (Wildman–Crippen MR) is 73.9 cm³/mol. The van der Waals surface area contributed by atoms with Crippen molar-refractivity contribution in [1.29, 1.82) is 0 Å². The molecule has 0 saturated heterocycles. The molecule has 1 aliphatic carbocycles. The highest BCUT2D eigenvalue weighted by Gasteiger charge is 2.39. The second-order valence-electron chi connectivity index (χ2n) is 6.29. The molecule has 1 rings (SSSR count). The third-order valence-electron chi connectivity index (χ3n) is 3.86. The Morgan fingerprint density at radius 2 is 2.06 bits per heavy atom. The van der Waals surface area contributed by atoms with Gasteiger partial charge in [0.2, 0.25) is 8.32 Å². The molecule has 0 aromatic carbocycles.